The minimum absolute atomic E-state index is 0.104. The fraction of sp³-hybridized carbons (Fsp3) is 0.857. The van der Waals surface area contributed by atoms with Gasteiger partial charge >= 0.3 is 13.0 Å². The molecule has 0 aromatic carbocycles. The van der Waals surface area contributed by atoms with Crippen molar-refractivity contribution in [3.8, 4) is 0 Å². The Labute approximate surface area is 73.4 Å². The van der Waals surface area contributed by atoms with Crippen LogP contribution in [0.15, 0.2) is 0 Å². The van der Waals surface area contributed by atoms with E-state index in [2.05, 4.69) is 9.96 Å². The van der Waals surface area contributed by atoms with E-state index in [1.165, 1.54) is 7.11 Å². The topological polar surface area (TPSA) is 58.6 Å². The SMILES string of the molecule is COC(=O)C(NB(C)O)C(C)C. The van der Waals surface area contributed by atoms with Gasteiger partial charge in [0.15, 0.2) is 0 Å². The maximum atomic E-state index is 11.1. The molecule has 1 unspecified atom stereocenters. The number of methoxy groups -OCH3 is 1. The summed E-state index contributed by atoms with van der Waals surface area (Å²) in [5.74, 6) is -0.238. The molecule has 0 aliphatic rings. The van der Waals surface area contributed by atoms with E-state index in [1.807, 2.05) is 13.8 Å². The largest absolute Gasteiger partial charge is 0.468 e. The standard InChI is InChI=1S/C7H16BNO3/c1-5(2)6(7(10)12-4)9-8(3)11/h5-6,9,11H,1-4H3. The summed E-state index contributed by atoms with van der Waals surface area (Å²) in [6.45, 7) is 5.34. The molecular formula is C7H16BNO3. The van der Waals surface area contributed by atoms with Gasteiger partial charge in [-0.15, -0.1) is 0 Å². The molecule has 0 rings (SSSR count). The zero-order valence-corrected chi connectivity index (χ0v) is 8.00. The van der Waals surface area contributed by atoms with Crippen LogP contribution in [-0.2, 0) is 9.53 Å². The summed E-state index contributed by atoms with van der Waals surface area (Å²) in [5, 5.41) is 11.7. The Bertz CT molecular complexity index is 150. The molecule has 0 saturated carbocycles. The molecule has 0 bridgehead atoms. The number of esters is 1. The van der Waals surface area contributed by atoms with E-state index in [0.717, 1.165) is 0 Å². The van der Waals surface area contributed by atoms with Crippen LogP contribution >= 0.6 is 0 Å². The molecule has 70 valence electrons. The lowest BCUT2D eigenvalue weighted by molar-refractivity contribution is -0.143. The van der Waals surface area contributed by atoms with E-state index in [0.29, 0.717) is 0 Å². The van der Waals surface area contributed by atoms with Crippen molar-refractivity contribution in [2.24, 2.45) is 5.92 Å². The van der Waals surface area contributed by atoms with E-state index >= 15 is 0 Å². The minimum Gasteiger partial charge on any atom is -0.468 e. The summed E-state index contributed by atoms with van der Waals surface area (Å²) < 4.78 is 4.56. The van der Waals surface area contributed by atoms with Crippen LogP contribution in [0.1, 0.15) is 13.8 Å². The third-order valence-corrected chi connectivity index (χ3v) is 1.54. The van der Waals surface area contributed by atoms with Crippen LogP contribution in [0.3, 0.4) is 0 Å². The quantitative estimate of drug-likeness (QED) is 0.459. The summed E-state index contributed by atoms with van der Waals surface area (Å²) in [6.07, 6.45) is 0. The van der Waals surface area contributed by atoms with E-state index in [-0.39, 0.29) is 11.9 Å². The lowest BCUT2D eigenvalue weighted by Gasteiger charge is -2.20. The zero-order valence-electron chi connectivity index (χ0n) is 8.00. The molecule has 0 amide bonds. The molecule has 12 heavy (non-hydrogen) atoms. The normalized spacial score (nSPS) is 12.8. The van der Waals surface area contributed by atoms with Crippen LogP contribution < -0.4 is 5.23 Å². The number of carbonyl (C=O) groups is 1. The van der Waals surface area contributed by atoms with Gasteiger partial charge in [-0.1, -0.05) is 13.8 Å². The molecule has 0 radical (unpaired) electrons. The minimum atomic E-state index is -0.698. The molecule has 1 atom stereocenters. The average Bonchev–Trinajstić information content (AvgIpc) is 1.98. The van der Waals surface area contributed by atoms with Crippen LogP contribution in [0, 0.1) is 5.92 Å². The molecule has 0 aromatic heterocycles. The van der Waals surface area contributed by atoms with Gasteiger partial charge in [0.1, 0.15) is 6.04 Å². The maximum Gasteiger partial charge on any atom is 0.374 e. The Morgan fingerprint density at radius 2 is 2.08 bits per heavy atom. The van der Waals surface area contributed by atoms with Crippen LogP contribution in [0.4, 0.5) is 0 Å². The first-order valence-corrected chi connectivity index (χ1v) is 4.01. The fourth-order valence-corrected chi connectivity index (χ4v) is 0.919. The third kappa shape index (κ3) is 3.73. The Morgan fingerprint density at radius 1 is 1.58 bits per heavy atom. The van der Waals surface area contributed by atoms with Crippen molar-refractivity contribution < 1.29 is 14.6 Å². The molecule has 4 nitrogen and oxygen atoms in total. The van der Waals surface area contributed by atoms with Gasteiger partial charge in [-0.05, 0) is 12.7 Å². The van der Waals surface area contributed by atoms with Gasteiger partial charge in [0.05, 0.1) is 7.11 Å². The second kappa shape index (κ2) is 5.16. The number of hydrogen-bond donors (Lipinski definition) is 2. The van der Waals surface area contributed by atoms with Crippen LogP contribution in [0.5, 0.6) is 0 Å². The van der Waals surface area contributed by atoms with E-state index in [4.69, 9.17) is 5.02 Å². The monoisotopic (exact) mass is 173 g/mol. The van der Waals surface area contributed by atoms with Gasteiger partial charge in [0, 0.05) is 0 Å². The van der Waals surface area contributed by atoms with Gasteiger partial charge in [0.2, 0.25) is 0 Å². The second-order valence-electron chi connectivity index (χ2n) is 3.09. The summed E-state index contributed by atoms with van der Waals surface area (Å²) in [6, 6.07) is -0.435. The van der Waals surface area contributed by atoms with Crippen molar-refractivity contribution in [1.82, 2.24) is 5.23 Å². The number of rotatable bonds is 4. The van der Waals surface area contributed by atoms with Crippen LogP contribution in [0.2, 0.25) is 6.82 Å². The van der Waals surface area contributed by atoms with Gasteiger partial charge < -0.3 is 15.0 Å². The lowest BCUT2D eigenvalue weighted by Crippen LogP contribution is -2.48. The van der Waals surface area contributed by atoms with Gasteiger partial charge in [-0.2, -0.15) is 0 Å². The van der Waals surface area contributed by atoms with Gasteiger partial charge in [0.25, 0.3) is 0 Å². The molecule has 2 N–H and O–H groups in total. The number of ether oxygens (including phenoxy) is 1. The van der Waals surface area contributed by atoms with Gasteiger partial charge in [-0.3, -0.25) is 4.79 Å². The Morgan fingerprint density at radius 3 is 2.33 bits per heavy atom. The first-order chi connectivity index (χ1) is 5.49. The van der Waals surface area contributed by atoms with Crippen molar-refractivity contribution in [2.75, 3.05) is 7.11 Å². The first-order valence-electron chi connectivity index (χ1n) is 4.01. The molecule has 0 saturated heterocycles. The Kier molecular flexibility index (Phi) is 4.93. The molecule has 0 spiro atoms. The lowest BCUT2D eigenvalue weighted by atomic mass is 9.85. The summed E-state index contributed by atoms with van der Waals surface area (Å²) in [7, 11) is 0.637. The summed E-state index contributed by atoms with van der Waals surface area (Å²) in [5.41, 5.74) is 0. The molecule has 0 aliphatic heterocycles. The van der Waals surface area contributed by atoms with Gasteiger partial charge in [-0.25, -0.2) is 0 Å². The Hall–Kier alpha value is -0.545. The highest BCUT2D eigenvalue weighted by atomic mass is 16.5. The van der Waals surface area contributed by atoms with E-state index < -0.39 is 13.1 Å². The zero-order chi connectivity index (χ0) is 9.72. The van der Waals surface area contributed by atoms with Crippen LogP contribution in [0.25, 0.3) is 0 Å². The Balaban J connectivity index is 4.13. The van der Waals surface area contributed by atoms with Crippen molar-refractivity contribution in [3.63, 3.8) is 0 Å². The maximum absolute atomic E-state index is 11.1. The van der Waals surface area contributed by atoms with E-state index in [9.17, 15) is 4.79 Å². The predicted octanol–water partition coefficient (Wildman–Crippen LogP) is -0.116. The molecule has 0 fully saturated rings. The second-order valence-corrected chi connectivity index (χ2v) is 3.09. The third-order valence-electron chi connectivity index (χ3n) is 1.54. The fourth-order valence-electron chi connectivity index (χ4n) is 0.919. The highest BCUT2D eigenvalue weighted by molar-refractivity contribution is 6.46. The molecular weight excluding hydrogens is 157 g/mol. The van der Waals surface area contributed by atoms with Crippen molar-refractivity contribution in [2.45, 2.75) is 26.7 Å². The predicted molar refractivity (Wildman–Crippen MR) is 47.6 cm³/mol. The molecule has 0 heterocycles. The average molecular weight is 173 g/mol. The highest BCUT2D eigenvalue weighted by Gasteiger charge is 2.24. The molecule has 0 aliphatic carbocycles. The molecule has 5 heteroatoms. The number of carbonyl (C=O) groups excluding carboxylic acids is 1. The summed E-state index contributed by atoms with van der Waals surface area (Å²) in [4.78, 5) is 11.1. The smallest absolute Gasteiger partial charge is 0.374 e. The number of hydrogen-bond acceptors (Lipinski definition) is 4. The van der Waals surface area contributed by atoms with Crippen LogP contribution in [-0.4, -0.2) is 31.2 Å². The van der Waals surface area contributed by atoms with Crippen molar-refractivity contribution in [1.29, 1.82) is 0 Å². The van der Waals surface area contributed by atoms with E-state index in [1.54, 1.807) is 6.82 Å². The highest BCUT2D eigenvalue weighted by Crippen LogP contribution is 2.03. The number of nitrogens with one attached hydrogen (secondary N) is 1. The van der Waals surface area contributed by atoms with Crippen molar-refractivity contribution in [3.05, 3.63) is 0 Å². The summed E-state index contributed by atoms with van der Waals surface area (Å²) >= 11 is 0. The van der Waals surface area contributed by atoms with Crippen molar-refractivity contribution >= 4 is 13.0 Å². The first kappa shape index (κ1) is 11.5. The molecule has 0 aromatic rings.